The number of carboxylic acids is 2. The molecule has 0 aliphatic carbocycles. The van der Waals surface area contributed by atoms with Crippen LogP contribution in [-0.2, 0) is 22.4 Å². The van der Waals surface area contributed by atoms with Gasteiger partial charge in [-0.25, -0.2) is 0 Å². The summed E-state index contributed by atoms with van der Waals surface area (Å²) in [7, 11) is 0. The topological polar surface area (TPSA) is 93.1 Å². The Morgan fingerprint density at radius 2 is 1.00 bits per heavy atom. The smallest absolute Gasteiger partial charge is 0.307 e. The van der Waals surface area contributed by atoms with Gasteiger partial charge < -0.3 is 19.7 Å². The number of benzene rings is 3. The highest BCUT2D eigenvalue weighted by Gasteiger charge is 2.05. The minimum atomic E-state index is -0.880. The van der Waals surface area contributed by atoms with Gasteiger partial charge >= 0.3 is 11.9 Å². The molecule has 3 rings (SSSR count). The summed E-state index contributed by atoms with van der Waals surface area (Å²) in [4.78, 5) is 21.5. The molecule has 0 radical (unpaired) electrons. The minimum absolute atomic E-state index is 0.0329. The van der Waals surface area contributed by atoms with Crippen LogP contribution >= 0.6 is 0 Å². The van der Waals surface area contributed by atoms with Gasteiger partial charge in [-0.15, -0.1) is 0 Å². The molecule has 0 aliphatic rings. The molecule has 2 N–H and O–H groups in total. The summed E-state index contributed by atoms with van der Waals surface area (Å²) in [6, 6.07) is 20.8. The van der Waals surface area contributed by atoms with Crippen LogP contribution in [0.1, 0.15) is 11.1 Å². The molecule has 0 bridgehead atoms. The number of aliphatic carboxylic acids is 2. The fraction of sp³-hybridized carbons (Fsp3) is 0.0909. The maximum Gasteiger partial charge on any atom is 0.307 e. The van der Waals surface area contributed by atoms with Gasteiger partial charge in [-0.1, -0.05) is 30.3 Å². The van der Waals surface area contributed by atoms with Crippen LogP contribution in [0.25, 0.3) is 0 Å². The Morgan fingerprint density at radius 3 is 1.36 bits per heavy atom. The molecular formula is C22H18O6. The van der Waals surface area contributed by atoms with Crippen LogP contribution in [0.4, 0.5) is 0 Å². The average Bonchev–Trinajstić information content (AvgIpc) is 2.64. The van der Waals surface area contributed by atoms with Gasteiger partial charge in [0.15, 0.2) is 0 Å². The van der Waals surface area contributed by atoms with E-state index in [0.717, 1.165) is 0 Å². The first-order chi connectivity index (χ1) is 13.5. The molecule has 0 unspecified atom stereocenters. The average molecular weight is 378 g/mol. The molecule has 0 spiro atoms. The van der Waals surface area contributed by atoms with Crippen molar-refractivity contribution in [2.45, 2.75) is 12.8 Å². The molecule has 0 saturated carbocycles. The van der Waals surface area contributed by atoms with Crippen molar-refractivity contribution in [3.63, 3.8) is 0 Å². The van der Waals surface area contributed by atoms with Crippen molar-refractivity contribution in [1.82, 2.24) is 0 Å². The van der Waals surface area contributed by atoms with Gasteiger partial charge in [-0.3, -0.25) is 9.59 Å². The van der Waals surface area contributed by atoms with Crippen LogP contribution in [0.3, 0.4) is 0 Å². The van der Waals surface area contributed by atoms with Crippen molar-refractivity contribution in [3.05, 3.63) is 83.9 Å². The molecule has 0 heterocycles. The van der Waals surface area contributed by atoms with Crippen LogP contribution in [0, 0.1) is 0 Å². The zero-order valence-corrected chi connectivity index (χ0v) is 14.9. The number of ether oxygens (including phenoxy) is 2. The van der Waals surface area contributed by atoms with Crippen LogP contribution < -0.4 is 9.47 Å². The van der Waals surface area contributed by atoms with E-state index >= 15 is 0 Å². The normalized spacial score (nSPS) is 10.3. The predicted octanol–water partition coefficient (Wildman–Crippen LogP) is 4.53. The molecular weight excluding hydrogens is 360 g/mol. The van der Waals surface area contributed by atoms with Gasteiger partial charge in [-0.05, 0) is 47.5 Å². The van der Waals surface area contributed by atoms with E-state index in [0.29, 0.717) is 34.1 Å². The Bertz CT molecular complexity index is 884. The SMILES string of the molecule is O=C(O)Cc1ccc(Oc2cccc(Oc3ccc(CC(=O)O)cc3)c2)cc1. The Balaban J connectivity index is 1.65. The second-order valence-corrected chi connectivity index (χ2v) is 6.11. The lowest BCUT2D eigenvalue weighted by atomic mass is 10.1. The Morgan fingerprint density at radius 1 is 0.607 bits per heavy atom. The van der Waals surface area contributed by atoms with E-state index in [2.05, 4.69) is 0 Å². The standard InChI is InChI=1S/C22H18O6/c23-21(24)12-15-4-8-17(9-5-15)27-19-2-1-3-20(14-19)28-18-10-6-16(7-11-18)13-22(25)26/h1-11,14H,12-13H2,(H,23,24)(H,25,26). The second-order valence-electron chi connectivity index (χ2n) is 6.11. The van der Waals surface area contributed by atoms with Crippen LogP contribution in [0.2, 0.25) is 0 Å². The van der Waals surface area contributed by atoms with E-state index < -0.39 is 11.9 Å². The molecule has 6 heteroatoms. The highest BCUT2D eigenvalue weighted by Crippen LogP contribution is 2.28. The lowest BCUT2D eigenvalue weighted by Gasteiger charge is -2.10. The molecule has 28 heavy (non-hydrogen) atoms. The third-order valence-electron chi connectivity index (χ3n) is 3.83. The summed E-state index contributed by atoms with van der Waals surface area (Å²) in [5.74, 6) is 0.564. The number of rotatable bonds is 8. The largest absolute Gasteiger partial charge is 0.481 e. The summed E-state index contributed by atoms with van der Waals surface area (Å²) in [6.45, 7) is 0. The summed E-state index contributed by atoms with van der Waals surface area (Å²) in [5.41, 5.74) is 1.39. The van der Waals surface area contributed by atoms with Crippen LogP contribution in [0.15, 0.2) is 72.8 Å². The molecule has 6 nitrogen and oxygen atoms in total. The minimum Gasteiger partial charge on any atom is -0.481 e. The highest BCUT2D eigenvalue weighted by atomic mass is 16.5. The zero-order valence-electron chi connectivity index (χ0n) is 14.9. The van der Waals surface area contributed by atoms with E-state index in [4.69, 9.17) is 19.7 Å². The van der Waals surface area contributed by atoms with E-state index in [1.54, 1.807) is 72.8 Å². The molecule has 0 fully saturated rings. The molecule has 0 atom stereocenters. The van der Waals surface area contributed by atoms with E-state index in [1.807, 2.05) is 0 Å². The second kappa shape index (κ2) is 8.73. The molecule has 0 amide bonds. The fourth-order valence-electron chi connectivity index (χ4n) is 2.57. The Labute approximate surface area is 161 Å². The Hall–Kier alpha value is -3.80. The number of hydrogen-bond donors (Lipinski definition) is 2. The summed E-state index contributed by atoms with van der Waals surface area (Å²) >= 11 is 0. The molecule has 3 aromatic rings. The van der Waals surface area contributed by atoms with E-state index in [-0.39, 0.29) is 12.8 Å². The first-order valence-corrected chi connectivity index (χ1v) is 8.55. The van der Waals surface area contributed by atoms with Gasteiger partial charge in [-0.2, -0.15) is 0 Å². The maximum atomic E-state index is 10.7. The van der Waals surface area contributed by atoms with Crippen LogP contribution in [0.5, 0.6) is 23.0 Å². The van der Waals surface area contributed by atoms with Gasteiger partial charge in [0.2, 0.25) is 0 Å². The fourth-order valence-corrected chi connectivity index (χ4v) is 2.57. The van der Waals surface area contributed by atoms with Gasteiger partial charge in [0.1, 0.15) is 23.0 Å². The quantitative estimate of drug-likeness (QED) is 0.598. The molecule has 0 aliphatic heterocycles. The van der Waals surface area contributed by atoms with Gasteiger partial charge in [0, 0.05) is 6.07 Å². The first-order valence-electron chi connectivity index (χ1n) is 8.55. The summed E-state index contributed by atoms with van der Waals surface area (Å²) < 4.78 is 11.6. The van der Waals surface area contributed by atoms with E-state index in [9.17, 15) is 9.59 Å². The predicted molar refractivity (Wildman–Crippen MR) is 102 cm³/mol. The van der Waals surface area contributed by atoms with Crippen molar-refractivity contribution < 1.29 is 29.3 Å². The number of carbonyl (C=O) groups is 2. The zero-order chi connectivity index (χ0) is 19.9. The monoisotopic (exact) mass is 378 g/mol. The Kier molecular flexibility index (Phi) is 5.91. The van der Waals surface area contributed by atoms with Gasteiger partial charge in [0.05, 0.1) is 12.8 Å². The molecule has 0 aromatic heterocycles. The highest BCUT2D eigenvalue weighted by molar-refractivity contribution is 5.70. The lowest BCUT2D eigenvalue weighted by Crippen LogP contribution is -1.99. The summed E-state index contributed by atoms with van der Waals surface area (Å²) in [5, 5.41) is 17.6. The summed E-state index contributed by atoms with van der Waals surface area (Å²) in [6.07, 6.45) is -0.0658. The van der Waals surface area contributed by atoms with Crippen molar-refractivity contribution >= 4 is 11.9 Å². The van der Waals surface area contributed by atoms with Crippen LogP contribution in [-0.4, -0.2) is 22.2 Å². The van der Waals surface area contributed by atoms with Crippen molar-refractivity contribution in [2.24, 2.45) is 0 Å². The van der Waals surface area contributed by atoms with Crippen molar-refractivity contribution in [3.8, 4) is 23.0 Å². The maximum absolute atomic E-state index is 10.7. The third-order valence-corrected chi connectivity index (χ3v) is 3.83. The number of hydrogen-bond acceptors (Lipinski definition) is 4. The van der Waals surface area contributed by atoms with E-state index in [1.165, 1.54) is 0 Å². The molecule has 0 saturated heterocycles. The van der Waals surface area contributed by atoms with Crippen molar-refractivity contribution in [1.29, 1.82) is 0 Å². The molecule has 3 aromatic carbocycles. The van der Waals surface area contributed by atoms with Crippen molar-refractivity contribution in [2.75, 3.05) is 0 Å². The lowest BCUT2D eigenvalue weighted by molar-refractivity contribution is -0.137. The van der Waals surface area contributed by atoms with Gasteiger partial charge in [0.25, 0.3) is 0 Å². The first kappa shape index (κ1) is 19.0. The number of carboxylic acid groups (broad SMARTS) is 2. The molecule has 142 valence electrons. The third kappa shape index (κ3) is 5.60.